The van der Waals surface area contributed by atoms with Gasteiger partial charge >= 0.3 is 0 Å². The fraction of sp³-hybridized carbons (Fsp3) is 0.0588. The van der Waals surface area contributed by atoms with E-state index in [0.717, 1.165) is 16.5 Å². The Morgan fingerprint density at radius 1 is 0.909 bits per heavy atom. The van der Waals surface area contributed by atoms with Gasteiger partial charge in [0.1, 0.15) is 5.82 Å². The normalized spacial score (nSPS) is 11.1. The second-order valence-corrected chi connectivity index (χ2v) is 5.04. The standard InChI is InChI=1S/C17H12N4O/c1-11-18-14-10-6-5-9-13(14)16-19-17(22)15(20-21(11)16)12-7-3-2-4-8-12/h2-10H,1H3. The van der Waals surface area contributed by atoms with Crippen molar-refractivity contribution in [1.82, 2.24) is 19.6 Å². The van der Waals surface area contributed by atoms with Crippen molar-refractivity contribution in [2.45, 2.75) is 6.92 Å². The topological polar surface area (TPSA) is 60.2 Å². The minimum Gasteiger partial charge on any atom is -0.265 e. The van der Waals surface area contributed by atoms with E-state index in [1.807, 2.05) is 61.5 Å². The number of rotatable bonds is 1. The monoisotopic (exact) mass is 288 g/mol. The summed E-state index contributed by atoms with van der Waals surface area (Å²) in [7, 11) is 0. The molecule has 2 heterocycles. The van der Waals surface area contributed by atoms with Gasteiger partial charge in [-0.05, 0) is 19.1 Å². The Labute approximate surface area is 125 Å². The SMILES string of the molecule is Cc1nc2ccccc2c2nc(=O)c(-c3ccccc3)nn12. The average molecular weight is 288 g/mol. The lowest BCUT2D eigenvalue weighted by atomic mass is 10.2. The van der Waals surface area contributed by atoms with Crippen molar-refractivity contribution < 1.29 is 0 Å². The van der Waals surface area contributed by atoms with Crippen LogP contribution in [0.4, 0.5) is 0 Å². The largest absolute Gasteiger partial charge is 0.300 e. The number of aryl methyl sites for hydroxylation is 1. The van der Waals surface area contributed by atoms with Crippen LogP contribution in [0.5, 0.6) is 0 Å². The number of benzene rings is 2. The van der Waals surface area contributed by atoms with Gasteiger partial charge in [0, 0.05) is 10.9 Å². The highest BCUT2D eigenvalue weighted by Crippen LogP contribution is 2.18. The number of nitrogens with zero attached hydrogens (tertiary/aromatic N) is 4. The molecule has 0 spiro atoms. The molecule has 0 amide bonds. The van der Waals surface area contributed by atoms with Crippen molar-refractivity contribution >= 4 is 16.6 Å². The Balaban J connectivity index is 2.13. The van der Waals surface area contributed by atoms with Gasteiger partial charge in [-0.25, -0.2) is 4.98 Å². The zero-order chi connectivity index (χ0) is 15.1. The summed E-state index contributed by atoms with van der Waals surface area (Å²) in [6.07, 6.45) is 0. The van der Waals surface area contributed by atoms with Gasteiger partial charge in [-0.3, -0.25) is 4.79 Å². The van der Waals surface area contributed by atoms with Crippen LogP contribution in [0.25, 0.3) is 27.8 Å². The van der Waals surface area contributed by atoms with Crippen LogP contribution in [0.15, 0.2) is 59.4 Å². The number of fused-ring (bicyclic) bond motifs is 3. The van der Waals surface area contributed by atoms with Crippen molar-refractivity contribution in [3.63, 3.8) is 0 Å². The van der Waals surface area contributed by atoms with Gasteiger partial charge in [-0.1, -0.05) is 42.5 Å². The molecule has 5 nitrogen and oxygen atoms in total. The van der Waals surface area contributed by atoms with Crippen LogP contribution < -0.4 is 5.56 Å². The van der Waals surface area contributed by atoms with Crippen LogP contribution in [0.2, 0.25) is 0 Å². The number of hydrogen-bond acceptors (Lipinski definition) is 4. The second kappa shape index (κ2) is 4.73. The average Bonchev–Trinajstić information content (AvgIpc) is 2.55. The van der Waals surface area contributed by atoms with Gasteiger partial charge in [-0.15, -0.1) is 0 Å². The molecule has 106 valence electrons. The van der Waals surface area contributed by atoms with Crippen molar-refractivity contribution in [3.8, 4) is 11.3 Å². The summed E-state index contributed by atoms with van der Waals surface area (Å²) >= 11 is 0. The predicted octanol–water partition coefficient (Wildman–Crippen LogP) is 2.61. The van der Waals surface area contributed by atoms with Crippen LogP contribution in [-0.4, -0.2) is 19.6 Å². The lowest BCUT2D eigenvalue weighted by molar-refractivity contribution is 0.828. The highest BCUT2D eigenvalue weighted by Gasteiger charge is 2.12. The molecule has 4 rings (SSSR count). The highest BCUT2D eigenvalue weighted by atomic mass is 16.1. The molecule has 0 aliphatic rings. The Morgan fingerprint density at radius 3 is 2.45 bits per heavy atom. The van der Waals surface area contributed by atoms with Gasteiger partial charge in [0.05, 0.1) is 5.52 Å². The maximum atomic E-state index is 12.4. The van der Waals surface area contributed by atoms with Crippen LogP contribution >= 0.6 is 0 Å². The molecule has 2 aromatic carbocycles. The molecule has 0 bridgehead atoms. The van der Waals surface area contributed by atoms with Crippen LogP contribution in [-0.2, 0) is 0 Å². The quantitative estimate of drug-likeness (QED) is 0.505. The minimum atomic E-state index is -0.332. The molecule has 0 aliphatic heterocycles. The molecular weight excluding hydrogens is 276 g/mol. The molecular formula is C17H12N4O. The molecule has 4 aromatic rings. The van der Waals surface area contributed by atoms with E-state index < -0.39 is 0 Å². The lowest BCUT2D eigenvalue weighted by Gasteiger charge is -2.08. The Morgan fingerprint density at radius 2 is 1.64 bits per heavy atom. The molecule has 0 saturated heterocycles. The first-order chi connectivity index (χ1) is 10.7. The third-order valence-electron chi connectivity index (χ3n) is 3.59. The van der Waals surface area contributed by atoms with Gasteiger partial charge < -0.3 is 0 Å². The van der Waals surface area contributed by atoms with E-state index >= 15 is 0 Å². The predicted molar refractivity (Wildman–Crippen MR) is 84.7 cm³/mol. The Bertz CT molecular complexity index is 1050. The maximum absolute atomic E-state index is 12.4. The minimum absolute atomic E-state index is 0.332. The molecule has 0 atom stereocenters. The van der Waals surface area contributed by atoms with Crippen LogP contribution in [0, 0.1) is 6.92 Å². The summed E-state index contributed by atoms with van der Waals surface area (Å²) < 4.78 is 1.63. The fourth-order valence-corrected chi connectivity index (χ4v) is 2.55. The summed E-state index contributed by atoms with van der Waals surface area (Å²) in [4.78, 5) is 21.2. The smallest absolute Gasteiger partial charge is 0.265 e. The first-order valence-corrected chi connectivity index (χ1v) is 6.96. The number of para-hydroxylation sites is 1. The second-order valence-electron chi connectivity index (χ2n) is 5.04. The van der Waals surface area contributed by atoms with E-state index in [0.29, 0.717) is 17.2 Å². The van der Waals surface area contributed by atoms with Crippen molar-refractivity contribution in [2.75, 3.05) is 0 Å². The molecule has 0 aliphatic carbocycles. The summed E-state index contributed by atoms with van der Waals surface area (Å²) in [6.45, 7) is 1.85. The third-order valence-corrected chi connectivity index (χ3v) is 3.59. The number of aromatic nitrogens is 4. The first-order valence-electron chi connectivity index (χ1n) is 6.96. The van der Waals surface area contributed by atoms with E-state index in [9.17, 15) is 4.79 Å². The first kappa shape index (κ1) is 12.6. The molecule has 0 N–H and O–H groups in total. The third kappa shape index (κ3) is 1.87. The van der Waals surface area contributed by atoms with E-state index in [-0.39, 0.29) is 5.56 Å². The fourth-order valence-electron chi connectivity index (χ4n) is 2.55. The number of hydrogen-bond donors (Lipinski definition) is 0. The lowest BCUT2D eigenvalue weighted by Crippen LogP contribution is -2.18. The Kier molecular flexibility index (Phi) is 2.72. The van der Waals surface area contributed by atoms with Gasteiger partial charge in [0.2, 0.25) is 0 Å². The van der Waals surface area contributed by atoms with Crippen molar-refractivity contribution in [1.29, 1.82) is 0 Å². The molecule has 0 radical (unpaired) electrons. The van der Waals surface area contributed by atoms with Crippen LogP contribution in [0.3, 0.4) is 0 Å². The van der Waals surface area contributed by atoms with Crippen molar-refractivity contribution in [3.05, 3.63) is 70.8 Å². The summed E-state index contributed by atoms with van der Waals surface area (Å²) in [5, 5.41) is 5.29. The van der Waals surface area contributed by atoms with Gasteiger partial charge in [0.15, 0.2) is 11.3 Å². The molecule has 0 unspecified atom stereocenters. The summed E-state index contributed by atoms with van der Waals surface area (Å²) in [6, 6.07) is 16.9. The van der Waals surface area contributed by atoms with Crippen molar-refractivity contribution in [2.24, 2.45) is 0 Å². The van der Waals surface area contributed by atoms with E-state index in [4.69, 9.17) is 0 Å². The van der Waals surface area contributed by atoms with E-state index in [1.54, 1.807) is 4.52 Å². The zero-order valence-corrected chi connectivity index (χ0v) is 11.9. The maximum Gasteiger partial charge on any atom is 0.300 e. The summed E-state index contributed by atoms with van der Waals surface area (Å²) in [5.74, 6) is 0.693. The highest BCUT2D eigenvalue weighted by molar-refractivity contribution is 5.91. The van der Waals surface area contributed by atoms with Gasteiger partial charge in [0.25, 0.3) is 5.56 Å². The zero-order valence-electron chi connectivity index (χ0n) is 11.9. The molecule has 0 saturated carbocycles. The summed E-state index contributed by atoms with van der Waals surface area (Å²) in [5.41, 5.74) is 2.09. The molecule has 0 fully saturated rings. The molecule has 5 heteroatoms. The van der Waals surface area contributed by atoms with Gasteiger partial charge in [-0.2, -0.15) is 14.6 Å². The Hall–Kier alpha value is -3.08. The molecule has 2 aromatic heterocycles. The van der Waals surface area contributed by atoms with E-state index in [2.05, 4.69) is 15.1 Å². The van der Waals surface area contributed by atoms with Crippen LogP contribution in [0.1, 0.15) is 5.82 Å². The molecule has 22 heavy (non-hydrogen) atoms. The van der Waals surface area contributed by atoms with E-state index in [1.165, 1.54) is 0 Å².